The first-order valence-electron chi connectivity index (χ1n) is 8.48. The third-order valence-electron chi connectivity index (χ3n) is 4.05. The van der Waals surface area contributed by atoms with Crippen molar-refractivity contribution in [3.8, 4) is 5.75 Å². The lowest BCUT2D eigenvalue weighted by Gasteiger charge is -2.33. The van der Waals surface area contributed by atoms with E-state index in [9.17, 15) is 9.59 Å². The number of carbonyl (C=O) groups is 2. The number of carbonyl (C=O) groups excluding carboxylic acids is 2. The largest absolute Gasteiger partial charge is 0.494 e. The smallest absolute Gasteiger partial charge is 0.409 e. The van der Waals surface area contributed by atoms with Gasteiger partial charge in [0.25, 0.3) is 0 Å². The predicted octanol–water partition coefficient (Wildman–Crippen LogP) is 2.43. The molecule has 1 aromatic rings. The molecule has 0 radical (unpaired) electrons. The predicted molar refractivity (Wildman–Crippen MR) is 91.6 cm³/mol. The number of nitrogens with zero attached hydrogens (tertiary/aromatic N) is 2. The Kier molecular flexibility index (Phi) is 7.06. The van der Waals surface area contributed by atoms with Crippen LogP contribution in [-0.4, -0.2) is 67.6 Å². The quantitative estimate of drug-likeness (QED) is 0.566. The van der Waals surface area contributed by atoms with Crippen molar-refractivity contribution in [3.05, 3.63) is 29.8 Å². The Morgan fingerprint density at radius 2 is 1.75 bits per heavy atom. The van der Waals surface area contributed by atoms with Gasteiger partial charge in [-0.25, -0.2) is 4.79 Å². The van der Waals surface area contributed by atoms with Crippen molar-refractivity contribution >= 4 is 11.9 Å². The monoisotopic (exact) mass is 334 g/mol. The maximum atomic E-state index is 11.6. The highest BCUT2D eigenvalue weighted by Gasteiger charge is 2.21. The van der Waals surface area contributed by atoms with E-state index in [-0.39, 0.29) is 11.9 Å². The van der Waals surface area contributed by atoms with Crippen LogP contribution < -0.4 is 4.74 Å². The summed E-state index contributed by atoms with van der Waals surface area (Å²) in [7, 11) is 0. The van der Waals surface area contributed by atoms with Gasteiger partial charge in [0.1, 0.15) is 5.75 Å². The topological polar surface area (TPSA) is 59.1 Å². The molecule has 0 unspecified atom stereocenters. The van der Waals surface area contributed by atoms with E-state index in [4.69, 9.17) is 9.47 Å². The summed E-state index contributed by atoms with van der Waals surface area (Å²) in [5, 5.41) is 0. The van der Waals surface area contributed by atoms with Crippen LogP contribution in [0.4, 0.5) is 4.79 Å². The van der Waals surface area contributed by atoms with E-state index in [0.29, 0.717) is 31.9 Å². The Hall–Kier alpha value is -2.08. The second kappa shape index (κ2) is 9.27. The zero-order valence-electron chi connectivity index (χ0n) is 14.5. The van der Waals surface area contributed by atoms with E-state index in [1.807, 2.05) is 19.1 Å². The molecule has 0 spiro atoms. The molecular weight excluding hydrogens is 308 g/mol. The molecule has 24 heavy (non-hydrogen) atoms. The number of hydrogen-bond donors (Lipinski definition) is 0. The highest BCUT2D eigenvalue weighted by atomic mass is 16.6. The van der Waals surface area contributed by atoms with E-state index in [2.05, 4.69) is 4.90 Å². The van der Waals surface area contributed by atoms with Crippen molar-refractivity contribution in [3.63, 3.8) is 0 Å². The summed E-state index contributed by atoms with van der Waals surface area (Å²) < 4.78 is 10.7. The van der Waals surface area contributed by atoms with Crippen molar-refractivity contribution in [2.24, 2.45) is 0 Å². The van der Waals surface area contributed by atoms with Crippen molar-refractivity contribution in [2.45, 2.75) is 20.3 Å². The highest BCUT2D eigenvalue weighted by molar-refractivity contribution is 5.94. The lowest BCUT2D eigenvalue weighted by Crippen LogP contribution is -2.49. The fourth-order valence-corrected chi connectivity index (χ4v) is 2.63. The molecule has 1 heterocycles. The van der Waals surface area contributed by atoms with Crippen LogP contribution in [0.2, 0.25) is 0 Å². The lowest BCUT2D eigenvalue weighted by molar-refractivity contribution is 0.0781. The summed E-state index contributed by atoms with van der Waals surface area (Å²) in [6.45, 7) is 8.54. The van der Waals surface area contributed by atoms with Gasteiger partial charge in [-0.1, -0.05) is 0 Å². The molecule has 0 aliphatic carbocycles. The van der Waals surface area contributed by atoms with Crippen molar-refractivity contribution < 1.29 is 19.1 Å². The zero-order valence-corrected chi connectivity index (χ0v) is 14.5. The van der Waals surface area contributed by atoms with E-state index < -0.39 is 0 Å². The molecule has 0 N–H and O–H groups in total. The Bertz CT molecular complexity index is 536. The number of amides is 1. The molecule has 0 atom stereocenters. The van der Waals surface area contributed by atoms with Gasteiger partial charge >= 0.3 is 6.09 Å². The van der Waals surface area contributed by atoms with Gasteiger partial charge < -0.3 is 14.4 Å². The molecule has 0 aromatic heterocycles. The molecule has 6 nitrogen and oxygen atoms in total. The Morgan fingerprint density at radius 1 is 1.08 bits per heavy atom. The van der Waals surface area contributed by atoms with Crippen molar-refractivity contribution in [1.82, 2.24) is 9.80 Å². The van der Waals surface area contributed by atoms with Gasteiger partial charge in [-0.2, -0.15) is 0 Å². The number of piperazine rings is 1. The van der Waals surface area contributed by atoms with Gasteiger partial charge in [-0.05, 0) is 44.5 Å². The molecule has 1 amide bonds. The van der Waals surface area contributed by atoms with Gasteiger partial charge in [-0.15, -0.1) is 0 Å². The van der Waals surface area contributed by atoms with Crippen LogP contribution in [0.5, 0.6) is 5.75 Å². The molecular formula is C18H26N2O4. The first-order chi connectivity index (χ1) is 11.6. The number of ketones is 1. The first-order valence-corrected chi connectivity index (χ1v) is 8.48. The van der Waals surface area contributed by atoms with E-state index in [0.717, 1.165) is 31.8 Å². The molecule has 1 aromatic carbocycles. The third-order valence-corrected chi connectivity index (χ3v) is 4.05. The summed E-state index contributed by atoms with van der Waals surface area (Å²) in [5.41, 5.74) is 0.696. The number of benzene rings is 1. The van der Waals surface area contributed by atoms with Crippen LogP contribution in [0, 0.1) is 0 Å². The lowest BCUT2D eigenvalue weighted by atomic mass is 10.1. The zero-order chi connectivity index (χ0) is 17.4. The van der Waals surface area contributed by atoms with Crippen LogP contribution >= 0.6 is 0 Å². The molecule has 2 rings (SSSR count). The summed E-state index contributed by atoms with van der Waals surface area (Å²) in [6.07, 6.45) is 0.711. The molecule has 1 aliphatic heterocycles. The fraction of sp³-hybridized carbons (Fsp3) is 0.556. The van der Waals surface area contributed by atoms with Gasteiger partial charge in [-0.3, -0.25) is 9.69 Å². The van der Waals surface area contributed by atoms with Crippen LogP contribution in [-0.2, 0) is 4.74 Å². The molecule has 1 fully saturated rings. The second-order valence-electron chi connectivity index (χ2n) is 5.81. The Morgan fingerprint density at radius 3 is 2.33 bits per heavy atom. The number of ether oxygens (including phenoxy) is 2. The Balaban J connectivity index is 1.61. The van der Waals surface area contributed by atoms with Gasteiger partial charge in [0, 0.05) is 38.3 Å². The Labute approximate surface area is 143 Å². The number of Topliss-reactive ketones (excluding diaryl/α,β-unsaturated/α-hetero) is 1. The minimum absolute atomic E-state index is 0.0588. The average Bonchev–Trinajstić information content (AvgIpc) is 2.60. The van der Waals surface area contributed by atoms with E-state index in [1.54, 1.807) is 24.0 Å². The molecule has 1 saturated heterocycles. The summed E-state index contributed by atoms with van der Waals surface area (Å²) in [4.78, 5) is 26.9. The summed E-state index contributed by atoms with van der Waals surface area (Å²) >= 11 is 0. The molecule has 0 saturated carbocycles. The standard InChI is InChI=1S/C18H26N2O4/c1-3-23-18(22)20-12-10-19(11-13-20)9-4-14-24-17-7-5-16(6-8-17)15(2)21/h5-8H,3-4,9-14H2,1-2H3. The van der Waals surface area contributed by atoms with Gasteiger partial charge in [0.2, 0.25) is 0 Å². The first kappa shape index (κ1) is 18.3. The van der Waals surface area contributed by atoms with Crippen molar-refractivity contribution in [1.29, 1.82) is 0 Å². The molecule has 6 heteroatoms. The summed E-state index contributed by atoms with van der Waals surface area (Å²) in [6, 6.07) is 7.22. The van der Waals surface area contributed by atoms with Crippen molar-refractivity contribution in [2.75, 3.05) is 45.9 Å². The highest BCUT2D eigenvalue weighted by Crippen LogP contribution is 2.13. The van der Waals surface area contributed by atoms with E-state index >= 15 is 0 Å². The third kappa shape index (κ3) is 5.53. The summed E-state index contributed by atoms with van der Waals surface area (Å²) in [5.74, 6) is 0.843. The molecule has 0 bridgehead atoms. The van der Waals surface area contributed by atoms with Crippen LogP contribution in [0.3, 0.4) is 0 Å². The SMILES string of the molecule is CCOC(=O)N1CCN(CCCOc2ccc(C(C)=O)cc2)CC1. The minimum Gasteiger partial charge on any atom is -0.494 e. The fourth-order valence-electron chi connectivity index (χ4n) is 2.63. The van der Waals surface area contributed by atoms with E-state index in [1.165, 1.54) is 0 Å². The number of rotatable bonds is 7. The van der Waals surface area contributed by atoms with Crippen LogP contribution in [0.1, 0.15) is 30.6 Å². The minimum atomic E-state index is -0.213. The maximum absolute atomic E-state index is 11.6. The molecule has 1 aliphatic rings. The number of hydrogen-bond acceptors (Lipinski definition) is 5. The normalized spacial score (nSPS) is 15.2. The van der Waals surface area contributed by atoms with Crippen LogP contribution in [0.25, 0.3) is 0 Å². The second-order valence-corrected chi connectivity index (χ2v) is 5.81. The van der Waals surface area contributed by atoms with Crippen LogP contribution in [0.15, 0.2) is 24.3 Å². The van der Waals surface area contributed by atoms with Gasteiger partial charge in [0.15, 0.2) is 5.78 Å². The maximum Gasteiger partial charge on any atom is 0.409 e. The van der Waals surface area contributed by atoms with Gasteiger partial charge in [0.05, 0.1) is 13.2 Å². The molecule has 132 valence electrons. The average molecular weight is 334 g/mol.